The lowest BCUT2D eigenvalue weighted by Crippen LogP contribution is -2.51. The van der Waals surface area contributed by atoms with Gasteiger partial charge in [-0.05, 0) is 93.3 Å². The summed E-state index contributed by atoms with van der Waals surface area (Å²) in [5, 5.41) is 20.7. The molecular weight excluding hydrogens is 378 g/mol. The van der Waals surface area contributed by atoms with Crippen LogP contribution in [0.2, 0.25) is 0 Å². The normalized spacial score (nSPS) is 46.6. The lowest BCUT2D eigenvalue weighted by Gasteiger charge is -2.58. The van der Waals surface area contributed by atoms with Crippen LogP contribution >= 0.6 is 0 Å². The van der Waals surface area contributed by atoms with Gasteiger partial charge in [0.2, 0.25) is 0 Å². The van der Waals surface area contributed by atoms with Gasteiger partial charge in [0.05, 0.1) is 17.6 Å². The van der Waals surface area contributed by atoms with E-state index in [9.17, 15) is 10.4 Å². The molecule has 0 aromatic rings. The monoisotopic (exact) mass is 423 g/mol. The van der Waals surface area contributed by atoms with Crippen molar-refractivity contribution in [3.05, 3.63) is 11.1 Å². The van der Waals surface area contributed by atoms with Crippen LogP contribution in [0, 0.1) is 51.2 Å². The Labute approximate surface area is 190 Å². The third-order valence-corrected chi connectivity index (χ3v) is 11.6. The molecule has 1 N–H and O–H groups in total. The van der Waals surface area contributed by atoms with Crippen molar-refractivity contribution in [3.63, 3.8) is 0 Å². The molecule has 0 amide bonds. The first-order valence-corrected chi connectivity index (χ1v) is 13.6. The molecule has 3 fully saturated rings. The van der Waals surface area contributed by atoms with Crippen molar-refractivity contribution in [2.75, 3.05) is 0 Å². The molecule has 5 aliphatic carbocycles. The third-order valence-electron chi connectivity index (χ3n) is 11.6. The summed E-state index contributed by atoms with van der Waals surface area (Å²) >= 11 is 0. The van der Waals surface area contributed by atoms with E-state index in [4.69, 9.17) is 0 Å². The van der Waals surface area contributed by atoms with Crippen LogP contribution in [0.3, 0.4) is 0 Å². The molecule has 7 atom stereocenters. The Morgan fingerprint density at radius 1 is 1.00 bits per heavy atom. The van der Waals surface area contributed by atoms with Crippen LogP contribution < -0.4 is 0 Å². The van der Waals surface area contributed by atoms with E-state index in [0.717, 1.165) is 49.4 Å². The zero-order valence-corrected chi connectivity index (χ0v) is 20.4. The highest BCUT2D eigenvalue weighted by Gasteiger charge is 2.61. The van der Waals surface area contributed by atoms with Gasteiger partial charge in [-0.15, -0.1) is 0 Å². The highest BCUT2D eigenvalue weighted by atomic mass is 16.3. The molecule has 0 aliphatic heterocycles. The number of hydrogen-bond acceptors (Lipinski definition) is 2. The zero-order valence-electron chi connectivity index (χ0n) is 20.4. The fourth-order valence-electron chi connectivity index (χ4n) is 9.78. The Morgan fingerprint density at radius 3 is 2.52 bits per heavy atom. The highest BCUT2D eigenvalue weighted by molar-refractivity contribution is 5.39. The Kier molecular flexibility index (Phi) is 5.61. The van der Waals surface area contributed by atoms with Crippen molar-refractivity contribution in [2.24, 2.45) is 39.9 Å². The summed E-state index contributed by atoms with van der Waals surface area (Å²) in [7, 11) is 0. The molecule has 2 nitrogen and oxygen atoms in total. The van der Waals surface area contributed by atoms with Crippen molar-refractivity contribution in [1.82, 2.24) is 0 Å². The van der Waals surface area contributed by atoms with E-state index in [2.05, 4.69) is 26.8 Å². The number of nitrogens with zero attached hydrogens (tertiary/aromatic N) is 1. The summed E-state index contributed by atoms with van der Waals surface area (Å²) in [4.78, 5) is 0. The number of allylic oxidation sites excluding steroid dienone is 2. The van der Waals surface area contributed by atoms with Gasteiger partial charge in [0, 0.05) is 5.41 Å². The molecule has 0 heterocycles. The smallest absolute Gasteiger partial charge is 0.0700 e. The van der Waals surface area contributed by atoms with Gasteiger partial charge in [0.15, 0.2) is 0 Å². The summed E-state index contributed by atoms with van der Waals surface area (Å²) in [5.41, 5.74) is 3.61. The summed E-state index contributed by atoms with van der Waals surface area (Å²) in [6.07, 6.45) is 18.6. The number of aliphatic hydroxyl groups excluding tert-OH is 1. The van der Waals surface area contributed by atoms with E-state index >= 15 is 0 Å². The minimum absolute atomic E-state index is 0.00168. The molecule has 1 unspecified atom stereocenters. The quantitative estimate of drug-likeness (QED) is 0.476. The van der Waals surface area contributed by atoms with Crippen LogP contribution in [0.4, 0.5) is 0 Å². The van der Waals surface area contributed by atoms with Crippen LogP contribution in [0.25, 0.3) is 0 Å². The van der Waals surface area contributed by atoms with Crippen molar-refractivity contribution in [3.8, 4) is 6.07 Å². The predicted molar refractivity (Wildman–Crippen MR) is 126 cm³/mol. The number of fused-ring (bicyclic) bond motifs is 4. The molecular formula is C29H45NO. The van der Waals surface area contributed by atoms with E-state index < -0.39 is 0 Å². The second kappa shape index (κ2) is 7.90. The third kappa shape index (κ3) is 3.27. The van der Waals surface area contributed by atoms with Crippen molar-refractivity contribution >= 4 is 0 Å². The molecule has 0 aromatic carbocycles. The van der Waals surface area contributed by atoms with Crippen LogP contribution in [0.15, 0.2) is 11.1 Å². The van der Waals surface area contributed by atoms with Gasteiger partial charge in [-0.25, -0.2) is 0 Å². The Morgan fingerprint density at radius 2 is 1.77 bits per heavy atom. The number of hydrogen-bond donors (Lipinski definition) is 1. The maximum Gasteiger partial charge on any atom is 0.0700 e. The van der Waals surface area contributed by atoms with Gasteiger partial charge < -0.3 is 5.11 Å². The van der Waals surface area contributed by atoms with E-state index in [1.165, 1.54) is 64.2 Å². The fourth-order valence-corrected chi connectivity index (χ4v) is 9.78. The Hall–Kier alpha value is -0.810. The van der Waals surface area contributed by atoms with Gasteiger partial charge in [0.25, 0.3) is 0 Å². The Balaban J connectivity index is 1.40. The lowest BCUT2D eigenvalue weighted by molar-refractivity contribution is -0.0256. The lowest BCUT2D eigenvalue weighted by atomic mass is 9.45. The molecule has 172 valence electrons. The van der Waals surface area contributed by atoms with Crippen molar-refractivity contribution < 1.29 is 5.11 Å². The minimum Gasteiger partial charge on any atom is -0.393 e. The van der Waals surface area contributed by atoms with E-state index in [1.807, 2.05) is 0 Å². The molecule has 5 aliphatic rings. The molecule has 3 saturated carbocycles. The number of aliphatic hydroxyl groups is 1. The van der Waals surface area contributed by atoms with Crippen LogP contribution in [0.1, 0.15) is 117 Å². The van der Waals surface area contributed by atoms with Gasteiger partial charge >= 0.3 is 0 Å². The molecule has 2 heteroatoms. The molecule has 0 saturated heterocycles. The maximum absolute atomic E-state index is 10.4. The summed E-state index contributed by atoms with van der Waals surface area (Å²) < 4.78 is 0. The fraction of sp³-hybridized carbons (Fsp3) is 0.897. The first kappa shape index (κ1) is 22.0. The highest BCUT2D eigenvalue weighted by Crippen LogP contribution is 2.69. The SMILES string of the molecule is C[C@H](CC1CCCCC1)[C@H]1CC[C@H]2C3=C(CC[C@]12C)[C@@]1(C)CC[C@H](O)CC1(C#N)CC3. The second-order valence-electron chi connectivity index (χ2n) is 12.9. The molecule has 0 radical (unpaired) electrons. The molecule has 31 heavy (non-hydrogen) atoms. The molecule has 5 rings (SSSR count). The minimum atomic E-state index is -0.330. The van der Waals surface area contributed by atoms with Crippen LogP contribution in [-0.4, -0.2) is 11.2 Å². The van der Waals surface area contributed by atoms with E-state index in [1.54, 1.807) is 11.1 Å². The first-order valence-electron chi connectivity index (χ1n) is 13.6. The molecule has 0 bridgehead atoms. The summed E-state index contributed by atoms with van der Waals surface area (Å²) in [6.45, 7) is 7.63. The topological polar surface area (TPSA) is 44.0 Å². The predicted octanol–water partition coefficient (Wildman–Crippen LogP) is 7.57. The van der Waals surface area contributed by atoms with Crippen molar-refractivity contribution in [2.45, 2.75) is 123 Å². The Bertz CT molecular complexity index is 772. The largest absolute Gasteiger partial charge is 0.393 e. The summed E-state index contributed by atoms with van der Waals surface area (Å²) in [6, 6.07) is 2.77. The number of nitriles is 1. The first-order chi connectivity index (χ1) is 14.8. The maximum atomic E-state index is 10.4. The van der Waals surface area contributed by atoms with E-state index in [0.29, 0.717) is 11.8 Å². The van der Waals surface area contributed by atoms with Gasteiger partial charge in [-0.2, -0.15) is 5.26 Å². The zero-order chi connectivity index (χ0) is 21.9. The van der Waals surface area contributed by atoms with Gasteiger partial charge in [-0.1, -0.05) is 64.0 Å². The van der Waals surface area contributed by atoms with Gasteiger partial charge in [-0.3, -0.25) is 0 Å². The average molecular weight is 424 g/mol. The molecule has 0 aromatic heterocycles. The number of rotatable bonds is 3. The van der Waals surface area contributed by atoms with Crippen LogP contribution in [-0.2, 0) is 0 Å². The second-order valence-corrected chi connectivity index (χ2v) is 12.9. The van der Waals surface area contributed by atoms with E-state index in [-0.39, 0.29) is 16.9 Å². The standard InChI is InChI=1S/C29H45NO/c1-20(17-21-7-5-4-6-8-21)24-9-10-25-23-12-16-29(19-30)18-22(31)11-15-28(29,3)26(23)13-14-27(24,25)2/h20-22,24-25,31H,4-18H2,1-3H3/t20-,22+,24-,25+,27-,28-,29?/m1/s1. The summed E-state index contributed by atoms with van der Waals surface area (Å²) in [5.74, 6) is 3.50. The van der Waals surface area contributed by atoms with Crippen LogP contribution in [0.5, 0.6) is 0 Å². The van der Waals surface area contributed by atoms with Gasteiger partial charge in [0.1, 0.15) is 0 Å². The van der Waals surface area contributed by atoms with Crippen molar-refractivity contribution in [1.29, 1.82) is 5.26 Å². The average Bonchev–Trinajstić information content (AvgIpc) is 3.12. The molecule has 0 spiro atoms.